The van der Waals surface area contributed by atoms with E-state index in [4.69, 9.17) is 39.9 Å². The molecule has 2 rings (SSSR count). The number of benzene rings is 1. The summed E-state index contributed by atoms with van der Waals surface area (Å²) in [5.41, 5.74) is 0.339. The second-order valence-corrected chi connectivity index (χ2v) is 5.87. The van der Waals surface area contributed by atoms with E-state index >= 15 is 0 Å². The van der Waals surface area contributed by atoms with E-state index in [0.717, 1.165) is 0 Å². The SMILES string of the molecule is OCC1C(c2ccc(Cl)c(C(F)F)c2)C1(Cl)Cl. The first kappa shape index (κ1) is 13.3. The predicted octanol–water partition coefficient (Wildman–Crippen LogP) is 4.16. The van der Waals surface area contributed by atoms with E-state index < -0.39 is 10.8 Å². The molecule has 1 aliphatic carbocycles. The second kappa shape index (κ2) is 4.54. The minimum Gasteiger partial charge on any atom is -0.396 e. The molecular formula is C11H9Cl3F2O. The van der Waals surface area contributed by atoms with Gasteiger partial charge >= 0.3 is 0 Å². The van der Waals surface area contributed by atoms with Crippen LogP contribution in [0.25, 0.3) is 0 Å². The fraction of sp³-hybridized carbons (Fsp3) is 0.455. The summed E-state index contributed by atoms with van der Waals surface area (Å²) in [4.78, 5) is 0. The van der Waals surface area contributed by atoms with Crippen molar-refractivity contribution in [3.63, 3.8) is 0 Å². The maximum absolute atomic E-state index is 12.7. The van der Waals surface area contributed by atoms with Crippen molar-refractivity contribution < 1.29 is 13.9 Å². The van der Waals surface area contributed by atoms with Crippen LogP contribution in [0.1, 0.15) is 23.5 Å². The van der Waals surface area contributed by atoms with Gasteiger partial charge in [0.05, 0.1) is 0 Å². The molecule has 94 valence electrons. The zero-order valence-electron chi connectivity index (χ0n) is 8.51. The van der Waals surface area contributed by atoms with Crippen LogP contribution in [0.15, 0.2) is 18.2 Å². The molecule has 1 aromatic carbocycles. The van der Waals surface area contributed by atoms with Gasteiger partial charge in [-0.1, -0.05) is 17.7 Å². The van der Waals surface area contributed by atoms with Gasteiger partial charge in [-0.05, 0) is 17.7 Å². The molecule has 0 spiro atoms. The molecule has 1 fully saturated rings. The maximum atomic E-state index is 12.7. The van der Waals surface area contributed by atoms with E-state index in [1.165, 1.54) is 12.1 Å². The molecule has 0 bridgehead atoms. The number of aliphatic hydroxyl groups excluding tert-OH is 1. The Labute approximate surface area is 112 Å². The quantitative estimate of drug-likeness (QED) is 0.831. The maximum Gasteiger partial charge on any atom is 0.265 e. The summed E-state index contributed by atoms with van der Waals surface area (Å²) >= 11 is 17.6. The van der Waals surface area contributed by atoms with Crippen LogP contribution in [0.3, 0.4) is 0 Å². The number of alkyl halides is 4. The molecule has 1 N–H and O–H groups in total. The number of halogens is 5. The standard InChI is InChI=1S/C11H9Cl3F2O/c12-8-2-1-5(3-6(8)10(15)16)9-7(4-17)11(9,13)14/h1-3,7,9-10,17H,4H2. The zero-order chi connectivity index (χ0) is 12.8. The molecule has 1 nitrogen and oxygen atoms in total. The molecule has 0 heterocycles. The average molecular weight is 302 g/mol. The summed E-state index contributed by atoms with van der Waals surface area (Å²) in [6.45, 7) is -0.176. The molecule has 1 saturated carbocycles. The molecule has 1 aliphatic rings. The highest BCUT2D eigenvalue weighted by Gasteiger charge is 2.63. The first-order valence-corrected chi connectivity index (χ1v) is 6.09. The Morgan fingerprint density at radius 2 is 2.00 bits per heavy atom. The van der Waals surface area contributed by atoms with Gasteiger partial charge in [0.1, 0.15) is 4.33 Å². The van der Waals surface area contributed by atoms with E-state index in [-0.39, 0.29) is 29.0 Å². The molecule has 0 saturated heterocycles. The summed E-state index contributed by atoms with van der Waals surface area (Å²) in [7, 11) is 0. The van der Waals surface area contributed by atoms with Gasteiger partial charge < -0.3 is 5.11 Å². The molecule has 6 heteroatoms. The van der Waals surface area contributed by atoms with Crippen LogP contribution in [0.4, 0.5) is 8.78 Å². The van der Waals surface area contributed by atoms with Gasteiger partial charge in [-0.15, -0.1) is 23.2 Å². The molecule has 2 atom stereocenters. The third kappa shape index (κ3) is 2.26. The van der Waals surface area contributed by atoms with Gasteiger partial charge in [-0.2, -0.15) is 0 Å². The van der Waals surface area contributed by atoms with Crippen molar-refractivity contribution in [1.29, 1.82) is 0 Å². The number of rotatable bonds is 3. The Bertz CT molecular complexity index is 437. The van der Waals surface area contributed by atoms with Crippen LogP contribution in [0.5, 0.6) is 0 Å². The van der Waals surface area contributed by atoms with Crippen molar-refractivity contribution >= 4 is 34.8 Å². The highest BCUT2D eigenvalue weighted by atomic mass is 35.5. The van der Waals surface area contributed by atoms with Gasteiger partial charge in [-0.25, -0.2) is 8.78 Å². The topological polar surface area (TPSA) is 20.2 Å². The van der Waals surface area contributed by atoms with Crippen LogP contribution < -0.4 is 0 Å². The summed E-state index contributed by atoms with van der Waals surface area (Å²) in [5, 5.41) is 9.08. The van der Waals surface area contributed by atoms with Crippen molar-refractivity contribution in [1.82, 2.24) is 0 Å². The zero-order valence-corrected chi connectivity index (χ0v) is 10.8. The van der Waals surface area contributed by atoms with Crippen molar-refractivity contribution in [3.05, 3.63) is 34.3 Å². The normalized spacial score (nSPS) is 26.3. The summed E-state index contributed by atoms with van der Waals surface area (Å²) in [6, 6.07) is 4.30. The van der Waals surface area contributed by atoms with Gasteiger partial charge in [0, 0.05) is 29.0 Å². The summed E-state index contributed by atoms with van der Waals surface area (Å²) in [5.74, 6) is -0.650. The Morgan fingerprint density at radius 3 is 2.47 bits per heavy atom. The smallest absolute Gasteiger partial charge is 0.265 e. The van der Waals surface area contributed by atoms with E-state index in [9.17, 15) is 8.78 Å². The van der Waals surface area contributed by atoms with Crippen LogP contribution in [-0.2, 0) is 0 Å². The monoisotopic (exact) mass is 300 g/mol. The van der Waals surface area contributed by atoms with Crippen LogP contribution >= 0.6 is 34.8 Å². The minimum atomic E-state index is -2.64. The number of hydrogen-bond acceptors (Lipinski definition) is 1. The minimum absolute atomic E-state index is 0.0136. The summed E-state index contributed by atoms with van der Waals surface area (Å²) in [6.07, 6.45) is -2.64. The van der Waals surface area contributed by atoms with Crippen molar-refractivity contribution in [2.45, 2.75) is 16.7 Å². The van der Waals surface area contributed by atoms with E-state index in [1.807, 2.05) is 0 Å². The highest BCUT2D eigenvalue weighted by Crippen LogP contribution is 2.64. The van der Waals surface area contributed by atoms with Crippen LogP contribution in [0.2, 0.25) is 5.02 Å². The first-order valence-electron chi connectivity index (χ1n) is 4.95. The van der Waals surface area contributed by atoms with E-state index in [2.05, 4.69) is 0 Å². The lowest BCUT2D eigenvalue weighted by Gasteiger charge is -2.06. The third-order valence-corrected chi connectivity index (χ3v) is 4.39. The predicted molar refractivity (Wildman–Crippen MR) is 64.2 cm³/mol. The van der Waals surface area contributed by atoms with Gasteiger partial charge in [0.15, 0.2) is 0 Å². The van der Waals surface area contributed by atoms with Gasteiger partial charge in [0.25, 0.3) is 6.43 Å². The Hall–Kier alpha value is -0.0900. The lowest BCUT2D eigenvalue weighted by molar-refractivity contribution is 0.151. The van der Waals surface area contributed by atoms with E-state index in [0.29, 0.717) is 5.56 Å². The molecular weight excluding hydrogens is 292 g/mol. The lowest BCUT2D eigenvalue weighted by atomic mass is 10.1. The number of hydrogen-bond donors (Lipinski definition) is 1. The molecule has 2 unspecified atom stereocenters. The third-order valence-electron chi connectivity index (χ3n) is 3.01. The van der Waals surface area contributed by atoms with Crippen LogP contribution in [-0.4, -0.2) is 16.0 Å². The highest BCUT2D eigenvalue weighted by molar-refractivity contribution is 6.52. The molecule has 17 heavy (non-hydrogen) atoms. The number of aliphatic hydroxyl groups is 1. The first-order chi connectivity index (χ1) is 7.89. The molecule has 1 aromatic rings. The van der Waals surface area contributed by atoms with Crippen molar-refractivity contribution in [2.24, 2.45) is 5.92 Å². The van der Waals surface area contributed by atoms with E-state index in [1.54, 1.807) is 6.07 Å². The van der Waals surface area contributed by atoms with Crippen molar-refractivity contribution in [2.75, 3.05) is 6.61 Å². The Morgan fingerprint density at radius 1 is 1.35 bits per heavy atom. The Kier molecular flexibility index (Phi) is 3.56. The molecule has 0 amide bonds. The molecule has 0 aliphatic heterocycles. The van der Waals surface area contributed by atoms with Gasteiger partial charge in [0.2, 0.25) is 0 Å². The summed E-state index contributed by atoms with van der Waals surface area (Å²) < 4.78 is 24.2. The lowest BCUT2D eigenvalue weighted by Crippen LogP contribution is -1.94. The second-order valence-electron chi connectivity index (χ2n) is 4.02. The molecule has 0 aromatic heterocycles. The van der Waals surface area contributed by atoms with Crippen molar-refractivity contribution in [3.8, 4) is 0 Å². The molecule has 0 radical (unpaired) electrons. The average Bonchev–Trinajstić information content (AvgIpc) is 2.81. The van der Waals surface area contributed by atoms with Gasteiger partial charge in [-0.3, -0.25) is 0 Å². The van der Waals surface area contributed by atoms with Crippen LogP contribution in [0, 0.1) is 5.92 Å². The largest absolute Gasteiger partial charge is 0.396 e. The fourth-order valence-electron chi connectivity index (χ4n) is 1.99. The fourth-order valence-corrected chi connectivity index (χ4v) is 3.01. The Balaban J connectivity index is 2.33.